The molecule has 0 aromatic heterocycles. The standard InChI is InChI=1S/C10H14Cl2N2O/c1-14(2)3-4-15-7-5-8(11)10(13)9(12)6-7/h5-6H,3-4,13H2,1-2H3. The zero-order valence-corrected chi connectivity index (χ0v) is 10.3. The Balaban J connectivity index is 2.63. The Hall–Kier alpha value is -0.640. The van der Waals surface area contributed by atoms with Gasteiger partial charge in [0.25, 0.3) is 0 Å². The van der Waals surface area contributed by atoms with Gasteiger partial charge in [0.1, 0.15) is 12.4 Å². The maximum atomic E-state index is 5.86. The van der Waals surface area contributed by atoms with Gasteiger partial charge in [-0.25, -0.2) is 0 Å². The molecule has 0 unspecified atom stereocenters. The average molecular weight is 249 g/mol. The largest absolute Gasteiger partial charge is 0.492 e. The van der Waals surface area contributed by atoms with E-state index >= 15 is 0 Å². The summed E-state index contributed by atoms with van der Waals surface area (Å²) in [6.07, 6.45) is 0. The van der Waals surface area contributed by atoms with Crippen LogP contribution >= 0.6 is 23.2 Å². The molecule has 84 valence electrons. The first-order valence-electron chi connectivity index (χ1n) is 4.52. The zero-order valence-electron chi connectivity index (χ0n) is 8.76. The zero-order chi connectivity index (χ0) is 11.4. The van der Waals surface area contributed by atoms with Crippen LogP contribution in [0.5, 0.6) is 5.75 Å². The van der Waals surface area contributed by atoms with Crippen LogP contribution in [0.3, 0.4) is 0 Å². The van der Waals surface area contributed by atoms with Crippen LogP contribution in [0.4, 0.5) is 5.69 Å². The summed E-state index contributed by atoms with van der Waals surface area (Å²) in [6.45, 7) is 1.42. The fraction of sp³-hybridized carbons (Fsp3) is 0.400. The van der Waals surface area contributed by atoms with E-state index in [2.05, 4.69) is 0 Å². The third-order valence-corrected chi connectivity index (χ3v) is 2.49. The van der Waals surface area contributed by atoms with E-state index in [1.807, 2.05) is 19.0 Å². The van der Waals surface area contributed by atoms with Gasteiger partial charge in [0.2, 0.25) is 0 Å². The van der Waals surface area contributed by atoms with Gasteiger partial charge >= 0.3 is 0 Å². The first kappa shape index (κ1) is 12.4. The summed E-state index contributed by atoms with van der Waals surface area (Å²) < 4.78 is 5.47. The molecule has 0 heterocycles. The molecule has 0 radical (unpaired) electrons. The van der Waals surface area contributed by atoms with Crippen molar-refractivity contribution >= 4 is 28.9 Å². The quantitative estimate of drug-likeness (QED) is 0.833. The van der Waals surface area contributed by atoms with Gasteiger partial charge in [-0.1, -0.05) is 23.2 Å². The third kappa shape index (κ3) is 3.78. The smallest absolute Gasteiger partial charge is 0.122 e. The van der Waals surface area contributed by atoms with E-state index in [-0.39, 0.29) is 0 Å². The molecule has 0 aliphatic rings. The van der Waals surface area contributed by atoms with E-state index in [0.717, 1.165) is 6.54 Å². The third-order valence-electron chi connectivity index (χ3n) is 1.86. The molecule has 0 aliphatic carbocycles. The average Bonchev–Trinajstić information content (AvgIpc) is 2.13. The lowest BCUT2D eigenvalue weighted by Crippen LogP contribution is -2.19. The number of halogens is 2. The molecular formula is C10H14Cl2N2O. The summed E-state index contributed by atoms with van der Waals surface area (Å²) in [5.74, 6) is 0.640. The molecule has 0 atom stereocenters. The van der Waals surface area contributed by atoms with Crippen molar-refractivity contribution in [2.24, 2.45) is 0 Å². The second-order valence-corrected chi connectivity index (χ2v) is 4.27. The van der Waals surface area contributed by atoms with E-state index < -0.39 is 0 Å². The lowest BCUT2D eigenvalue weighted by molar-refractivity contribution is 0.261. The highest BCUT2D eigenvalue weighted by molar-refractivity contribution is 6.39. The number of likely N-dealkylation sites (N-methyl/N-ethyl adjacent to an activating group) is 1. The minimum Gasteiger partial charge on any atom is -0.492 e. The molecule has 3 nitrogen and oxygen atoms in total. The van der Waals surface area contributed by atoms with Crippen molar-refractivity contribution in [3.63, 3.8) is 0 Å². The Morgan fingerprint density at radius 1 is 1.27 bits per heavy atom. The Morgan fingerprint density at radius 3 is 2.27 bits per heavy atom. The van der Waals surface area contributed by atoms with Crippen molar-refractivity contribution in [3.8, 4) is 5.75 Å². The molecule has 0 fully saturated rings. The summed E-state index contributed by atoms with van der Waals surface area (Å²) >= 11 is 11.7. The Bertz CT molecular complexity index is 319. The highest BCUT2D eigenvalue weighted by Gasteiger charge is 2.05. The summed E-state index contributed by atoms with van der Waals surface area (Å²) in [7, 11) is 3.96. The van der Waals surface area contributed by atoms with E-state index in [1.165, 1.54) is 0 Å². The maximum absolute atomic E-state index is 5.86. The fourth-order valence-corrected chi connectivity index (χ4v) is 1.46. The minimum absolute atomic E-state index is 0.387. The van der Waals surface area contributed by atoms with Crippen LogP contribution in [0.2, 0.25) is 10.0 Å². The number of hydrogen-bond acceptors (Lipinski definition) is 3. The Kier molecular flexibility index (Phi) is 4.51. The highest BCUT2D eigenvalue weighted by atomic mass is 35.5. The molecular weight excluding hydrogens is 235 g/mol. The van der Waals surface area contributed by atoms with Crippen LogP contribution < -0.4 is 10.5 Å². The van der Waals surface area contributed by atoms with Gasteiger partial charge in [-0.05, 0) is 14.1 Å². The highest BCUT2D eigenvalue weighted by Crippen LogP contribution is 2.32. The van der Waals surface area contributed by atoms with Crippen molar-refractivity contribution in [3.05, 3.63) is 22.2 Å². The molecule has 0 spiro atoms. The molecule has 0 saturated heterocycles. The van der Waals surface area contributed by atoms with Crippen LogP contribution in [0.25, 0.3) is 0 Å². The normalized spacial score (nSPS) is 10.7. The van der Waals surface area contributed by atoms with E-state index in [0.29, 0.717) is 28.1 Å². The number of hydrogen-bond donors (Lipinski definition) is 1. The number of nitrogens with two attached hydrogens (primary N) is 1. The number of ether oxygens (including phenoxy) is 1. The molecule has 0 bridgehead atoms. The lowest BCUT2D eigenvalue weighted by atomic mass is 10.3. The molecule has 1 aromatic rings. The number of nitrogens with zero attached hydrogens (tertiary/aromatic N) is 1. The number of benzene rings is 1. The first-order chi connectivity index (χ1) is 7.00. The second-order valence-electron chi connectivity index (χ2n) is 3.45. The molecule has 0 amide bonds. The summed E-state index contributed by atoms with van der Waals surface area (Å²) in [6, 6.07) is 3.33. The SMILES string of the molecule is CN(C)CCOc1cc(Cl)c(N)c(Cl)c1. The van der Waals surface area contributed by atoms with Gasteiger partial charge in [0, 0.05) is 18.7 Å². The maximum Gasteiger partial charge on any atom is 0.122 e. The van der Waals surface area contributed by atoms with Crippen molar-refractivity contribution < 1.29 is 4.74 Å². The minimum atomic E-state index is 0.387. The summed E-state index contributed by atoms with van der Waals surface area (Å²) in [4.78, 5) is 2.03. The summed E-state index contributed by atoms with van der Waals surface area (Å²) in [5, 5.41) is 0.838. The first-order valence-corrected chi connectivity index (χ1v) is 5.28. The van der Waals surface area contributed by atoms with Crippen molar-refractivity contribution in [2.45, 2.75) is 0 Å². The number of nitrogen functional groups attached to an aromatic ring is 1. The van der Waals surface area contributed by atoms with Crippen LogP contribution in [0, 0.1) is 0 Å². The number of rotatable bonds is 4. The van der Waals surface area contributed by atoms with E-state index in [4.69, 9.17) is 33.7 Å². The van der Waals surface area contributed by atoms with Crippen molar-refractivity contribution in [1.29, 1.82) is 0 Å². The molecule has 1 rings (SSSR count). The van der Waals surface area contributed by atoms with Crippen LogP contribution in [0.15, 0.2) is 12.1 Å². The van der Waals surface area contributed by atoms with Crippen molar-refractivity contribution in [2.75, 3.05) is 33.0 Å². The monoisotopic (exact) mass is 248 g/mol. The molecule has 0 aliphatic heterocycles. The van der Waals surface area contributed by atoms with Crippen molar-refractivity contribution in [1.82, 2.24) is 4.90 Å². The van der Waals surface area contributed by atoms with Gasteiger partial charge in [-0.2, -0.15) is 0 Å². The molecule has 15 heavy (non-hydrogen) atoms. The van der Waals surface area contributed by atoms with Gasteiger partial charge in [-0.15, -0.1) is 0 Å². The van der Waals surface area contributed by atoms with Crippen LogP contribution in [-0.4, -0.2) is 32.1 Å². The second kappa shape index (κ2) is 5.45. The lowest BCUT2D eigenvalue weighted by Gasteiger charge is -2.12. The predicted octanol–water partition coefficient (Wildman–Crippen LogP) is 2.52. The van der Waals surface area contributed by atoms with Gasteiger partial charge in [0.05, 0.1) is 15.7 Å². The van der Waals surface area contributed by atoms with Crippen LogP contribution in [-0.2, 0) is 0 Å². The topological polar surface area (TPSA) is 38.5 Å². The Labute approximate surface area is 99.7 Å². The number of anilines is 1. The van der Waals surface area contributed by atoms with Crippen LogP contribution in [0.1, 0.15) is 0 Å². The van der Waals surface area contributed by atoms with E-state index in [9.17, 15) is 0 Å². The fourth-order valence-electron chi connectivity index (χ4n) is 0.990. The predicted molar refractivity (Wildman–Crippen MR) is 64.9 cm³/mol. The molecule has 1 aromatic carbocycles. The summed E-state index contributed by atoms with van der Waals surface area (Å²) in [5.41, 5.74) is 5.99. The van der Waals surface area contributed by atoms with Gasteiger partial charge in [0.15, 0.2) is 0 Å². The molecule has 2 N–H and O–H groups in total. The molecule has 5 heteroatoms. The van der Waals surface area contributed by atoms with E-state index in [1.54, 1.807) is 12.1 Å². The van der Waals surface area contributed by atoms with Gasteiger partial charge < -0.3 is 15.4 Å². The Morgan fingerprint density at radius 2 is 1.80 bits per heavy atom. The molecule has 0 saturated carbocycles. The van der Waals surface area contributed by atoms with Gasteiger partial charge in [-0.3, -0.25) is 0 Å².